The molecular formula is C16H23NO2SSi. The van der Waals surface area contributed by atoms with E-state index < -0.39 is 17.9 Å². The van der Waals surface area contributed by atoms with Crippen molar-refractivity contribution in [1.82, 2.24) is 5.32 Å². The van der Waals surface area contributed by atoms with Crippen LogP contribution in [-0.4, -0.2) is 34.0 Å². The molecule has 1 atom stereocenters. The monoisotopic (exact) mass is 321 g/mol. The highest BCUT2D eigenvalue weighted by Crippen LogP contribution is 2.12. The van der Waals surface area contributed by atoms with Gasteiger partial charge in [-0.3, -0.25) is 0 Å². The summed E-state index contributed by atoms with van der Waals surface area (Å²) in [5.41, 5.74) is 5.56. The summed E-state index contributed by atoms with van der Waals surface area (Å²) < 4.78 is 22.8. The Balaban J connectivity index is 1.89. The second kappa shape index (κ2) is 6.35. The normalized spacial score (nSPS) is 20.8. The second-order valence-corrected chi connectivity index (χ2v) is 13.7. The molecule has 1 aromatic rings. The Morgan fingerprint density at radius 1 is 1.24 bits per heavy atom. The van der Waals surface area contributed by atoms with E-state index in [1.807, 2.05) is 12.1 Å². The molecule has 1 unspecified atom stereocenters. The van der Waals surface area contributed by atoms with E-state index in [0.29, 0.717) is 12.3 Å². The van der Waals surface area contributed by atoms with E-state index in [0.717, 1.165) is 17.5 Å². The molecule has 21 heavy (non-hydrogen) atoms. The van der Waals surface area contributed by atoms with E-state index in [1.165, 1.54) is 0 Å². The van der Waals surface area contributed by atoms with Crippen molar-refractivity contribution < 1.29 is 8.42 Å². The zero-order chi connectivity index (χ0) is 15.5. The predicted molar refractivity (Wildman–Crippen MR) is 90.6 cm³/mol. The first-order valence-corrected chi connectivity index (χ1v) is 12.6. The standard InChI is InChI=1S/C16H23NO2SSi/c1-21(2,3)11-9-14-4-6-15(7-5-14)12-17-16-8-10-20(18,19)13-16/h4-7,16-17H,8,10,12-13H2,1-3H3. The lowest BCUT2D eigenvalue weighted by atomic mass is 10.1. The molecular weight excluding hydrogens is 298 g/mol. The first kappa shape index (κ1) is 16.3. The molecule has 1 heterocycles. The molecule has 0 radical (unpaired) electrons. The van der Waals surface area contributed by atoms with Crippen molar-refractivity contribution in [2.75, 3.05) is 11.5 Å². The lowest BCUT2D eigenvalue weighted by Gasteiger charge is -2.10. The quantitative estimate of drug-likeness (QED) is 0.686. The average Bonchev–Trinajstić information content (AvgIpc) is 2.74. The van der Waals surface area contributed by atoms with E-state index in [2.05, 4.69) is 48.6 Å². The molecule has 0 saturated carbocycles. The average molecular weight is 322 g/mol. The number of hydrogen-bond donors (Lipinski definition) is 1. The summed E-state index contributed by atoms with van der Waals surface area (Å²) in [4.78, 5) is 0. The summed E-state index contributed by atoms with van der Waals surface area (Å²) in [6.45, 7) is 7.40. The molecule has 2 rings (SSSR count). The van der Waals surface area contributed by atoms with Gasteiger partial charge in [0.15, 0.2) is 9.84 Å². The Labute approximate surface area is 129 Å². The van der Waals surface area contributed by atoms with E-state index in [1.54, 1.807) is 0 Å². The second-order valence-electron chi connectivity index (χ2n) is 6.68. The minimum absolute atomic E-state index is 0.0985. The molecule has 1 N–H and O–H groups in total. The highest BCUT2D eigenvalue weighted by molar-refractivity contribution is 7.91. The van der Waals surface area contributed by atoms with Gasteiger partial charge < -0.3 is 5.32 Å². The van der Waals surface area contributed by atoms with E-state index in [-0.39, 0.29) is 11.8 Å². The Morgan fingerprint density at radius 3 is 2.43 bits per heavy atom. The van der Waals surface area contributed by atoms with Crippen LogP contribution in [0.5, 0.6) is 0 Å². The maximum absolute atomic E-state index is 11.4. The number of hydrogen-bond acceptors (Lipinski definition) is 3. The zero-order valence-corrected chi connectivity index (χ0v) is 14.8. The summed E-state index contributed by atoms with van der Waals surface area (Å²) in [5, 5.41) is 3.32. The van der Waals surface area contributed by atoms with Gasteiger partial charge in [-0.2, -0.15) is 0 Å². The lowest BCUT2D eigenvalue weighted by molar-refractivity contribution is 0.554. The molecule has 0 bridgehead atoms. The van der Waals surface area contributed by atoms with Gasteiger partial charge in [0.25, 0.3) is 0 Å². The van der Waals surface area contributed by atoms with Crippen LogP contribution in [0.15, 0.2) is 24.3 Å². The molecule has 0 aliphatic carbocycles. The molecule has 0 amide bonds. The lowest BCUT2D eigenvalue weighted by Crippen LogP contribution is -2.29. The smallest absolute Gasteiger partial charge is 0.151 e. The van der Waals surface area contributed by atoms with Crippen molar-refractivity contribution >= 4 is 17.9 Å². The SMILES string of the molecule is C[Si](C)(C)C#Cc1ccc(CNC2CCS(=O)(=O)C2)cc1. The van der Waals surface area contributed by atoms with Crippen LogP contribution in [0.2, 0.25) is 19.6 Å². The predicted octanol–water partition coefficient (Wildman–Crippen LogP) is 2.19. The number of rotatable bonds is 3. The van der Waals surface area contributed by atoms with Gasteiger partial charge in [-0.15, -0.1) is 5.54 Å². The topological polar surface area (TPSA) is 46.2 Å². The van der Waals surface area contributed by atoms with Crippen LogP contribution >= 0.6 is 0 Å². The molecule has 0 aromatic heterocycles. The summed E-state index contributed by atoms with van der Waals surface area (Å²) in [6, 6.07) is 8.29. The first-order chi connectivity index (χ1) is 9.73. The van der Waals surface area contributed by atoms with Crippen molar-refractivity contribution in [1.29, 1.82) is 0 Å². The fourth-order valence-corrected chi connectivity index (χ4v) is 4.41. The molecule has 114 valence electrons. The zero-order valence-electron chi connectivity index (χ0n) is 12.9. The first-order valence-electron chi connectivity index (χ1n) is 7.29. The fraction of sp³-hybridized carbons (Fsp3) is 0.500. The minimum Gasteiger partial charge on any atom is -0.309 e. The van der Waals surface area contributed by atoms with Crippen LogP contribution in [0.25, 0.3) is 0 Å². The van der Waals surface area contributed by atoms with E-state index >= 15 is 0 Å². The summed E-state index contributed by atoms with van der Waals surface area (Å²) in [6.07, 6.45) is 0.724. The number of benzene rings is 1. The molecule has 5 heteroatoms. The van der Waals surface area contributed by atoms with Crippen LogP contribution in [0.4, 0.5) is 0 Å². The van der Waals surface area contributed by atoms with Crippen molar-refractivity contribution in [2.24, 2.45) is 0 Å². The number of sulfone groups is 1. The molecule has 1 aromatic carbocycles. The third-order valence-corrected chi connectivity index (χ3v) is 6.01. The highest BCUT2D eigenvalue weighted by Gasteiger charge is 2.27. The molecule has 0 spiro atoms. The van der Waals surface area contributed by atoms with Gasteiger partial charge in [-0.05, 0) is 24.1 Å². The summed E-state index contributed by atoms with van der Waals surface area (Å²) in [7, 11) is -4.14. The van der Waals surface area contributed by atoms with Crippen molar-refractivity contribution in [3.05, 3.63) is 35.4 Å². The number of nitrogens with one attached hydrogen (secondary N) is 1. The van der Waals surface area contributed by atoms with E-state index in [9.17, 15) is 8.42 Å². The minimum atomic E-state index is -2.80. The maximum atomic E-state index is 11.4. The molecule has 1 saturated heterocycles. The van der Waals surface area contributed by atoms with Gasteiger partial charge in [-0.25, -0.2) is 8.42 Å². The third-order valence-electron chi connectivity index (χ3n) is 3.36. The Hall–Kier alpha value is -1.09. The highest BCUT2D eigenvalue weighted by atomic mass is 32.2. The molecule has 1 fully saturated rings. The Bertz CT molecular complexity index is 648. The van der Waals surface area contributed by atoms with Crippen LogP contribution in [-0.2, 0) is 16.4 Å². The Morgan fingerprint density at radius 2 is 1.90 bits per heavy atom. The van der Waals surface area contributed by atoms with Gasteiger partial charge in [0.05, 0.1) is 11.5 Å². The van der Waals surface area contributed by atoms with Crippen molar-refractivity contribution in [3.63, 3.8) is 0 Å². The van der Waals surface area contributed by atoms with Gasteiger partial charge in [0, 0.05) is 18.2 Å². The molecule has 1 aliphatic rings. The van der Waals surface area contributed by atoms with Crippen LogP contribution in [0, 0.1) is 11.5 Å². The van der Waals surface area contributed by atoms with E-state index in [4.69, 9.17) is 0 Å². The van der Waals surface area contributed by atoms with Gasteiger partial charge in [0.1, 0.15) is 8.07 Å². The van der Waals surface area contributed by atoms with Crippen molar-refractivity contribution in [3.8, 4) is 11.5 Å². The van der Waals surface area contributed by atoms with Gasteiger partial charge in [-0.1, -0.05) is 37.7 Å². The van der Waals surface area contributed by atoms with Gasteiger partial charge >= 0.3 is 0 Å². The third kappa shape index (κ3) is 5.66. The van der Waals surface area contributed by atoms with Crippen LogP contribution in [0.3, 0.4) is 0 Å². The summed E-state index contributed by atoms with van der Waals surface area (Å²) >= 11 is 0. The van der Waals surface area contributed by atoms with Crippen LogP contribution in [0.1, 0.15) is 17.5 Å². The Kier molecular flexibility index (Phi) is 4.92. The van der Waals surface area contributed by atoms with Crippen molar-refractivity contribution in [2.45, 2.75) is 38.6 Å². The molecule has 3 nitrogen and oxygen atoms in total. The largest absolute Gasteiger partial charge is 0.309 e. The van der Waals surface area contributed by atoms with Gasteiger partial charge in [0.2, 0.25) is 0 Å². The molecule has 1 aliphatic heterocycles. The fourth-order valence-electron chi connectivity index (χ4n) is 2.18. The maximum Gasteiger partial charge on any atom is 0.151 e. The van der Waals surface area contributed by atoms with Crippen LogP contribution < -0.4 is 5.32 Å². The summed E-state index contributed by atoms with van der Waals surface area (Å²) in [5.74, 6) is 3.82.